The van der Waals surface area contributed by atoms with Crippen LogP contribution in [-0.4, -0.2) is 15.6 Å². The van der Waals surface area contributed by atoms with Crippen molar-refractivity contribution in [3.63, 3.8) is 0 Å². The topological polar surface area (TPSA) is 60.1 Å². The highest BCUT2D eigenvalue weighted by molar-refractivity contribution is 5.92. The molecule has 5 heteroatoms. The van der Waals surface area contributed by atoms with Gasteiger partial charge in [0.05, 0.1) is 5.69 Å². The van der Waals surface area contributed by atoms with Gasteiger partial charge in [0.1, 0.15) is 11.5 Å². The van der Waals surface area contributed by atoms with Gasteiger partial charge in [-0.25, -0.2) is 0 Å². The molecule has 0 bridgehead atoms. The summed E-state index contributed by atoms with van der Waals surface area (Å²) < 4.78 is 7.02. The Kier molecular flexibility index (Phi) is 3.74. The fraction of sp³-hybridized carbons (Fsp3) is 0.429. The van der Waals surface area contributed by atoms with Crippen LogP contribution in [0.2, 0.25) is 0 Å². The van der Waals surface area contributed by atoms with Crippen LogP contribution >= 0.6 is 0 Å². The average Bonchev–Trinajstić information content (AvgIpc) is 2.95. The van der Waals surface area contributed by atoms with Gasteiger partial charge in [-0.1, -0.05) is 5.16 Å². The van der Waals surface area contributed by atoms with E-state index in [4.69, 9.17) is 4.52 Å². The molecule has 0 unspecified atom stereocenters. The monoisotopic (exact) mass is 261 g/mol. The van der Waals surface area contributed by atoms with Gasteiger partial charge in [0, 0.05) is 24.3 Å². The molecule has 2 rings (SSSR count). The second-order valence-electron chi connectivity index (χ2n) is 4.88. The normalized spacial score (nSPS) is 11.0. The highest BCUT2D eigenvalue weighted by Gasteiger charge is 2.14. The van der Waals surface area contributed by atoms with Crippen molar-refractivity contribution in [1.82, 2.24) is 15.0 Å². The molecule has 1 N–H and O–H groups in total. The van der Waals surface area contributed by atoms with Crippen LogP contribution in [0.15, 0.2) is 22.9 Å². The largest absolute Gasteiger partial charge is 0.361 e. The van der Waals surface area contributed by atoms with E-state index in [0.29, 0.717) is 12.2 Å². The average molecular weight is 261 g/mol. The molecule has 0 fully saturated rings. The van der Waals surface area contributed by atoms with E-state index < -0.39 is 0 Å². The van der Waals surface area contributed by atoms with Crippen molar-refractivity contribution < 1.29 is 9.32 Å². The number of carbonyl (C=O) groups excluding carboxylic acids is 1. The van der Waals surface area contributed by atoms with E-state index in [1.54, 1.807) is 0 Å². The van der Waals surface area contributed by atoms with Gasteiger partial charge >= 0.3 is 0 Å². The van der Waals surface area contributed by atoms with Crippen molar-refractivity contribution in [2.24, 2.45) is 0 Å². The minimum Gasteiger partial charge on any atom is -0.361 e. The molecule has 2 heterocycles. The number of hydrogen-bond donors (Lipinski definition) is 1. The maximum absolute atomic E-state index is 12.2. The summed E-state index contributed by atoms with van der Waals surface area (Å²) in [5.74, 6) is 0.663. The summed E-state index contributed by atoms with van der Waals surface area (Å²) in [6, 6.07) is 3.96. The molecule has 0 aromatic carbocycles. The minimum atomic E-state index is -0.0845. The Morgan fingerprint density at radius 1 is 1.47 bits per heavy atom. The van der Waals surface area contributed by atoms with Crippen LogP contribution in [0, 0.1) is 13.8 Å². The van der Waals surface area contributed by atoms with Crippen LogP contribution in [-0.2, 0) is 6.54 Å². The van der Waals surface area contributed by atoms with E-state index >= 15 is 0 Å². The smallest absolute Gasteiger partial charge is 0.268 e. The number of nitrogens with zero attached hydrogens (tertiary/aromatic N) is 2. The third-order valence-corrected chi connectivity index (χ3v) is 3.17. The molecule has 5 nitrogen and oxygen atoms in total. The SMILES string of the molecule is Cc1noc(C)c1CNC(=O)c1cccn1C(C)C. The van der Waals surface area contributed by atoms with Crippen LogP contribution in [0.4, 0.5) is 0 Å². The van der Waals surface area contributed by atoms with Gasteiger partial charge in [0.15, 0.2) is 0 Å². The summed E-state index contributed by atoms with van der Waals surface area (Å²) in [6.07, 6.45) is 1.91. The molecule has 0 aliphatic rings. The van der Waals surface area contributed by atoms with Crippen molar-refractivity contribution >= 4 is 5.91 Å². The quantitative estimate of drug-likeness (QED) is 0.920. The lowest BCUT2D eigenvalue weighted by Crippen LogP contribution is -2.26. The molecule has 0 saturated heterocycles. The highest BCUT2D eigenvalue weighted by Crippen LogP contribution is 2.13. The first-order chi connectivity index (χ1) is 9.00. The molecule has 0 aliphatic heterocycles. The minimum absolute atomic E-state index is 0.0845. The van der Waals surface area contributed by atoms with E-state index in [1.807, 2.05) is 50.6 Å². The summed E-state index contributed by atoms with van der Waals surface area (Å²) in [7, 11) is 0. The predicted molar refractivity (Wildman–Crippen MR) is 72.0 cm³/mol. The van der Waals surface area contributed by atoms with E-state index in [2.05, 4.69) is 10.5 Å². The Bertz CT molecular complexity index is 562. The third kappa shape index (κ3) is 2.70. The van der Waals surface area contributed by atoms with Gasteiger partial charge in [-0.2, -0.15) is 0 Å². The molecule has 0 radical (unpaired) electrons. The molecular formula is C14H19N3O2. The molecular weight excluding hydrogens is 242 g/mol. The maximum atomic E-state index is 12.2. The second-order valence-corrected chi connectivity index (χ2v) is 4.88. The van der Waals surface area contributed by atoms with Crippen LogP contribution in [0.1, 0.15) is 47.4 Å². The number of carbonyl (C=O) groups is 1. The van der Waals surface area contributed by atoms with Crippen LogP contribution in [0.5, 0.6) is 0 Å². The number of aromatic nitrogens is 2. The van der Waals surface area contributed by atoms with Crippen molar-refractivity contribution in [3.05, 3.63) is 41.0 Å². The first kappa shape index (κ1) is 13.4. The van der Waals surface area contributed by atoms with Crippen LogP contribution in [0.3, 0.4) is 0 Å². The first-order valence-corrected chi connectivity index (χ1v) is 6.37. The van der Waals surface area contributed by atoms with E-state index in [9.17, 15) is 4.79 Å². The highest BCUT2D eigenvalue weighted by atomic mass is 16.5. The van der Waals surface area contributed by atoms with Crippen molar-refractivity contribution in [1.29, 1.82) is 0 Å². The number of nitrogens with one attached hydrogen (secondary N) is 1. The summed E-state index contributed by atoms with van der Waals surface area (Å²) in [6.45, 7) is 8.24. The molecule has 0 aliphatic carbocycles. The maximum Gasteiger partial charge on any atom is 0.268 e. The van der Waals surface area contributed by atoms with Gasteiger partial charge in [-0.3, -0.25) is 4.79 Å². The molecule has 2 aromatic heterocycles. The number of aryl methyl sites for hydroxylation is 2. The van der Waals surface area contributed by atoms with Gasteiger partial charge < -0.3 is 14.4 Å². The van der Waals surface area contributed by atoms with Crippen molar-refractivity contribution in [2.75, 3.05) is 0 Å². The molecule has 1 amide bonds. The Hall–Kier alpha value is -2.04. The zero-order valence-corrected chi connectivity index (χ0v) is 11.7. The molecule has 2 aromatic rings. The molecule has 0 spiro atoms. The molecule has 19 heavy (non-hydrogen) atoms. The van der Waals surface area contributed by atoms with Crippen molar-refractivity contribution in [2.45, 2.75) is 40.3 Å². The lowest BCUT2D eigenvalue weighted by atomic mass is 10.2. The zero-order chi connectivity index (χ0) is 14.0. The Balaban J connectivity index is 2.08. The lowest BCUT2D eigenvalue weighted by Gasteiger charge is -2.12. The van der Waals surface area contributed by atoms with Crippen LogP contribution < -0.4 is 5.32 Å². The third-order valence-electron chi connectivity index (χ3n) is 3.17. The van der Waals surface area contributed by atoms with Crippen molar-refractivity contribution in [3.8, 4) is 0 Å². The zero-order valence-electron chi connectivity index (χ0n) is 11.7. The number of hydrogen-bond acceptors (Lipinski definition) is 3. The Morgan fingerprint density at radius 2 is 2.21 bits per heavy atom. The van der Waals surface area contributed by atoms with Gasteiger partial charge in [0.25, 0.3) is 5.91 Å². The van der Waals surface area contributed by atoms with Gasteiger partial charge in [0.2, 0.25) is 0 Å². The second kappa shape index (κ2) is 5.30. The Morgan fingerprint density at radius 3 is 2.79 bits per heavy atom. The fourth-order valence-electron chi connectivity index (χ4n) is 2.05. The summed E-state index contributed by atoms with van der Waals surface area (Å²) >= 11 is 0. The summed E-state index contributed by atoms with van der Waals surface area (Å²) in [5.41, 5.74) is 2.43. The van der Waals surface area contributed by atoms with Gasteiger partial charge in [-0.05, 0) is 39.8 Å². The standard InChI is InChI=1S/C14H19N3O2/c1-9(2)17-7-5-6-13(17)14(18)15-8-12-10(3)16-19-11(12)4/h5-7,9H,8H2,1-4H3,(H,15,18). The van der Waals surface area contributed by atoms with E-state index in [1.165, 1.54) is 0 Å². The lowest BCUT2D eigenvalue weighted by molar-refractivity contribution is 0.0940. The summed E-state index contributed by atoms with van der Waals surface area (Å²) in [5, 5.41) is 6.78. The fourth-order valence-corrected chi connectivity index (χ4v) is 2.05. The molecule has 0 atom stereocenters. The number of amides is 1. The molecule has 0 saturated carbocycles. The molecule has 102 valence electrons. The first-order valence-electron chi connectivity index (χ1n) is 6.37. The predicted octanol–water partition coefficient (Wildman–Crippen LogP) is 2.60. The van der Waals surface area contributed by atoms with E-state index in [-0.39, 0.29) is 11.9 Å². The van der Waals surface area contributed by atoms with Gasteiger partial charge in [-0.15, -0.1) is 0 Å². The van der Waals surface area contributed by atoms with E-state index in [0.717, 1.165) is 17.0 Å². The summed E-state index contributed by atoms with van der Waals surface area (Å²) in [4.78, 5) is 12.2. The van der Waals surface area contributed by atoms with Crippen LogP contribution in [0.25, 0.3) is 0 Å². The number of rotatable bonds is 4. The Labute approximate surface area is 112 Å².